The van der Waals surface area contributed by atoms with Crippen molar-refractivity contribution in [1.82, 2.24) is 15.4 Å². The van der Waals surface area contributed by atoms with E-state index < -0.39 is 5.91 Å². The van der Waals surface area contributed by atoms with E-state index in [1.807, 2.05) is 12.3 Å². The van der Waals surface area contributed by atoms with Crippen LogP contribution in [-0.4, -0.2) is 47.2 Å². The standard InChI is InChI=1S/C18H20N6O2S/c1-27-18-20-9-14-15(21-18)23-7-3-6-13(23)10-24(17(14)26)12-5-2-4-11(8-12)16(25)22-19/h2,4-5,8-9,13H,3,6-7,10,19H2,1H3,(H,22,25). The molecule has 0 radical (unpaired) electrons. The van der Waals surface area contributed by atoms with E-state index in [-0.39, 0.29) is 11.9 Å². The van der Waals surface area contributed by atoms with E-state index in [0.717, 1.165) is 19.4 Å². The molecule has 3 heterocycles. The van der Waals surface area contributed by atoms with Gasteiger partial charge in [-0.1, -0.05) is 17.8 Å². The van der Waals surface area contributed by atoms with E-state index in [2.05, 4.69) is 20.3 Å². The summed E-state index contributed by atoms with van der Waals surface area (Å²) in [6, 6.07) is 7.11. The van der Waals surface area contributed by atoms with Gasteiger partial charge < -0.3 is 9.80 Å². The van der Waals surface area contributed by atoms with Gasteiger partial charge in [0.25, 0.3) is 11.8 Å². The molecule has 1 aromatic carbocycles. The molecule has 0 bridgehead atoms. The van der Waals surface area contributed by atoms with Gasteiger partial charge in [0.2, 0.25) is 0 Å². The minimum absolute atomic E-state index is 0.155. The molecule has 1 aromatic heterocycles. The molecule has 140 valence electrons. The van der Waals surface area contributed by atoms with Crippen LogP contribution in [0.25, 0.3) is 0 Å². The molecular weight excluding hydrogens is 364 g/mol. The van der Waals surface area contributed by atoms with Crippen LogP contribution in [0.1, 0.15) is 33.6 Å². The molecule has 1 fully saturated rings. The fraction of sp³-hybridized carbons (Fsp3) is 0.333. The number of rotatable bonds is 3. The van der Waals surface area contributed by atoms with Gasteiger partial charge in [0.05, 0.1) is 0 Å². The first-order valence-corrected chi connectivity index (χ1v) is 9.95. The van der Waals surface area contributed by atoms with Crippen LogP contribution in [0.3, 0.4) is 0 Å². The van der Waals surface area contributed by atoms with E-state index >= 15 is 0 Å². The molecule has 8 nitrogen and oxygen atoms in total. The van der Waals surface area contributed by atoms with Gasteiger partial charge in [0.15, 0.2) is 5.16 Å². The largest absolute Gasteiger partial charge is 0.351 e. The first-order valence-electron chi connectivity index (χ1n) is 8.73. The van der Waals surface area contributed by atoms with Crippen molar-refractivity contribution in [2.24, 2.45) is 5.84 Å². The van der Waals surface area contributed by atoms with Crippen LogP contribution < -0.4 is 21.1 Å². The molecule has 0 aliphatic carbocycles. The monoisotopic (exact) mass is 384 g/mol. The van der Waals surface area contributed by atoms with Crippen LogP contribution in [-0.2, 0) is 0 Å². The number of hydrogen-bond donors (Lipinski definition) is 2. The highest BCUT2D eigenvalue weighted by Gasteiger charge is 2.37. The maximum absolute atomic E-state index is 13.3. The average molecular weight is 384 g/mol. The molecule has 1 unspecified atom stereocenters. The summed E-state index contributed by atoms with van der Waals surface area (Å²) in [6.45, 7) is 1.41. The lowest BCUT2D eigenvalue weighted by atomic mass is 10.1. The molecule has 2 aliphatic heterocycles. The van der Waals surface area contributed by atoms with Crippen molar-refractivity contribution in [1.29, 1.82) is 0 Å². The second kappa shape index (κ2) is 7.16. The highest BCUT2D eigenvalue weighted by atomic mass is 32.2. The van der Waals surface area contributed by atoms with Gasteiger partial charge in [-0.3, -0.25) is 15.0 Å². The molecule has 1 saturated heterocycles. The SMILES string of the molecule is CSc1ncc2c(n1)N1CCCC1CN(c1cccc(C(=O)NN)c1)C2=O. The van der Waals surface area contributed by atoms with Crippen molar-refractivity contribution < 1.29 is 9.59 Å². The molecule has 1 atom stereocenters. The van der Waals surface area contributed by atoms with Crippen LogP contribution in [0.15, 0.2) is 35.6 Å². The normalized spacial score (nSPS) is 18.7. The minimum atomic E-state index is -0.394. The summed E-state index contributed by atoms with van der Waals surface area (Å²) in [5.41, 5.74) is 3.69. The van der Waals surface area contributed by atoms with Crippen molar-refractivity contribution in [2.75, 3.05) is 29.1 Å². The lowest BCUT2D eigenvalue weighted by Crippen LogP contribution is -2.40. The Morgan fingerprint density at radius 1 is 1.41 bits per heavy atom. The Bertz CT molecular complexity index is 905. The molecular formula is C18H20N6O2S. The Morgan fingerprint density at radius 3 is 3.04 bits per heavy atom. The number of benzene rings is 1. The van der Waals surface area contributed by atoms with Crippen molar-refractivity contribution in [2.45, 2.75) is 24.0 Å². The van der Waals surface area contributed by atoms with E-state index in [4.69, 9.17) is 5.84 Å². The second-order valence-electron chi connectivity index (χ2n) is 6.52. The van der Waals surface area contributed by atoms with Gasteiger partial charge >= 0.3 is 0 Å². The summed E-state index contributed by atoms with van der Waals surface area (Å²) in [5.74, 6) is 5.40. The number of hydrazine groups is 1. The molecule has 0 spiro atoms. The molecule has 2 aromatic rings. The van der Waals surface area contributed by atoms with Gasteiger partial charge in [-0.05, 0) is 37.3 Å². The Labute approximate surface area is 161 Å². The van der Waals surface area contributed by atoms with E-state index in [0.29, 0.717) is 34.3 Å². The number of nitrogens with two attached hydrogens (primary N) is 1. The zero-order valence-electron chi connectivity index (χ0n) is 14.9. The molecule has 27 heavy (non-hydrogen) atoms. The summed E-state index contributed by atoms with van der Waals surface area (Å²) >= 11 is 1.46. The molecule has 3 N–H and O–H groups in total. The van der Waals surface area contributed by atoms with Crippen LogP contribution in [0.5, 0.6) is 0 Å². The number of anilines is 2. The number of hydrogen-bond acceptors (Lipinski definition) is 7. The smallest absolute Gasteiger partial charge is 0.265 e. The van der Waals surface area contributed by atoms with Gasteiger partial charge in [-0.25, -0.2) is 15.8 Å². The molecule has 0 saturated carbocycles. The van der Waals surface area contributed by atoms with Gasteiger partial charge in [-0.15, -0.1) is 0 Å². The average Bonchev–Trinajstić information content (AvgIpc) is 3.14. The third-order valence-electron chi connectivity index (χ3n) is 5.00. The number of nitrogen functional groups attached to an aromatic ring is 1. The molecule has 2 aliphatic rings. The fourth-order valence-electron chi connectivity index (χ4n) is 3.69. The summed E-state index contributed by atoms with van der Waals surface area (Å²) in [4.78, 5) is 38.0. The highest BCUT2D eigenvalue weighted by molar-refractivity contribution is 7.98. The lowest BCUT2D eigenvalue weighted by Gasteiger charge is -2.27. The Kier molecular flexibility index (Phi) is 4.71. The van der Waals surface area contributed by atoms with Crippen molar-refractivity contribution in [3.8, 4) is 0 Å². The van der Waals surface area contributed by atoms with Gasteiger partial charge in [0, 0.05) is 36.6 Å². The zero-order chi connectivity index (χ0) is 19.0. The van der Waals surface area contributed by atoms with Gasteiger partial charge in [0.1, 0.15) is 11.4 Å². The predicted molar refractivity (Wildman–Crippen MR) is 104 cm³/mol. The van der Waals surface area contributed by atoms with Gasteiger partial charge in [-0.2, -0.15) is 0 Å². The number of amides is 2. The summed E-state index contributed by atoms with van der Waals surface area (Å²) in [7, 11) is 0. The molecule has 4 rings (SSSR count). The maximum Gasteiger partial charge on any atom is 0.265 e. The quantitative estimate of drug-likeness (QED) is 0.271. The first kappa shape index (κ1) is 17.7. The van der Waals surface area contributed by atoms with E-state index in [9.17, 15) is 9.59 Å². The number of fused-ring (bicyclic) bond motifs is 3. The van der Waals surface area contributed by atoms with E-state index in [1.165, 1.54) is 11.8 Å². The highest BCUT2D eigenvalue weighted by Crippen LogP contribution is 2.34. The zero-order valence-corrected chi connectivity index (χ0v) is 15.7. The molecule has 9 heteroatoms. The lowest BCUT2D eigenvalue weighted by molar-refractivity contribution is 0.0950. The minimum Gasteiger partial charge on any atom is -0.351 e. The summed E-state index contributed by atoms with van der Waals surface area (Å²) < 4.78 is 0. The summed E-state index contributed by atoms with van der Waals surface area (Å²) in [6.07, 6.45) is 5.58. The number of carbonyl (C=O) groups is 2. The maximum atomic E-state index is 13.3. The predicted octanol–water partition coefficient (Wildman–Crippen LogP) is 1.43. The number of carbonyl (C=O) groups excluding carboxylic acids is 2. The number of aromatic nitrogens is 2. The third kappa shape index (κ3) is 3.13. The van der Waals surface area contributed by atoms with Crippen molar-refractivity contribution >= 4 is 35.1 Å². The number of nitrogens with zero attached hydrogens (tertiary/aromatic N) is 4. The van der Waals surface area contributed by atoms with E-state index in [1.54, 1.807) is 29.3 Å². The number of nitrogens with one attached hydrogen (secondary N) is 1. The van der Waals surface area contributed by atoms with Crippen molar-refractivity contribution in [3.05, 3.63) is 41.6 Å². The van der Waals surface area contributed by atoms with Crippen LogP contribution >= 0.6 is 11.8 Å². The van der Waals surface area contributed by atoms with Crippen LogP contribution in [0, 0.1) is 0 Å². The molecule has 2 amide bonds. The Balaban J connectivity index is 1.79. The summed E-state index contributed by atoms with van der Waals surface area (Å²) in [5, 5.41) is 0.655. The number of thioether (sulfide) groups is 1. The first-order chi connectivity index (χ1) is 13.1. The third-order valence-corrected chi connectivity index (χ3v) is 5.56. The Morgan fingerprint density at radius 2 is 2.26 bits per heavy atom. The second-order valence-corrected chi connectivity index (χ2v) is 7.30. The van der Waals surface area contributed by atoms with Crippen molar-refractivity contribution in [3.63, 3.8) is 0 Å². The topological polar surface area (TPSA) is 104 Å². The Hall–Kier alpha value is -2.65. The van der Waals surface area contributed by atoms with Crippen LogP contribution in [0.4, 0.5) is 11.5 Å². The van der Waals surface area contributed by atoms with Crippen LogP contribution in [0.2, 0.25) is 0 Å². The fourth-order valence-corrected chi connectivity index (χ4v) is 4.03.